The molecule has 3 aromatic rings. The van der Waals surface area contributed by atoms with Crippen LogP contribution in [0.3, 0.4) is 0 Å². The van der Waals surface area contributed by atoms with Gasteiger partial charge in [0.25, 0.3) is 0 Å². The van der Waals surface area contributed by atoms with Crippen molar-refractivity contribution in [2.75, 3.05) is 32.2 Å². The summed E-state index contributed by atoms with van der Waals surface area (Å²) in [6.45, 7) is 3.69. The highest BCUT2D eigenvalue weighted by atomic mass is 16.5. The van der Waals surface area contributed by atoms with Gasteiger partial charge in [0, 0.05) is 25.9 Å². The van der Waals surface area contributed by atoms with Crippen molar-refractivity contribution in [3.63, 3.8) is 0 Å². The molecule has 0 unspecified atom stereocenters. The number of nitrogens with zero attached hydrogens (tertiary/aromatic N) is 4. The van der Waals surface area contributed by atoms with Gasteiger partial charge in [0.2, 0.25) is 5.95 Å². The van der Waals surface area contributed by atoms with Crippen LogP contribution < -0.4 is 19.1 Å². The zero-order chi connectivity index (χ0) is 20.9. The monoisotopic (exact) mass is 406 g/mol. The molecule has 2 heterocycles. The van der Waals surface area contributed by atoms with E-state index in [0.717, 1.165) is 37.2 Å². The molecule has 30 heavy (non-hydrogen) atoms. The van der Waals surface area contributed by atoms with Crippen LogP contribution in [0.4, 0.5) is 5.95 Å². The Bertz CT molecular complexity index is 981. The summed E-state index contributed by atoms with van der Waals surface area (Å²) in [5, 5.41) is 8.45. The van der Waals surface area contributed by atoms with Gasteiger partial charge in [-0.1, -0.05) is 18.2 Å². The predicted octanol–water partition coefficient (Wildman–Crippen LogP) is 3.91. The summed E-state index contributed by atoms with van der Waals surface area (Å²) in [6.07, 6.45) is 3.63. The molecular weight excluding hydrogens is 380 g/mol. The Morgan fingerprint density at radius 1 is 0.967 bits per heavy atom. The lowest BCUT2D eigenvalue weighted by Crippen LogP contribution is -2.39. The summed E-state index contributed by atoms with van der Waals surface area (Å²) in [5.74, 6) is 2.91. The van der Waals surface area contributed by atoms with Gasteiger partial charge >= 0.3 is 0 Å². The van der Waals surface area contributed by atoms with Crippen LogP contribution in [0, 0.1) is 6.92 Å². The molecule has 0 atom stereocenters. The van der Waals surface area contributed by atoms with Crippen LogP contribution in [-0.2, 0) is 0 Å². The summed E-state index contributed by atoms with van der Waals surface area (Å²) in [6, 6.07) is 13.8. The zero-order valence-electron chi connectivity index (χ0n) is 17.5. The van der Waals surface area contributed by atoms with Crippen LogP contribution in [0.1, 0.15) is 18.4 Å². The van der Waals surface area contributed by atoms with Gasteiger partial charge in [-0.05, 0) is 36.8 Å². The Kier molecular flexibility index (Phi) is 5.97. The van der Waals surface area contributed by atoms with Crippen LogP contribution in [0.5, 0.6) is 17.2 Å². The van der Waals surface area contributed by atoms with Gasteiger partial charge in [-0.15, -0.1) is 5.10 Å². The lowest BCUT2D eigenvalue weighted by molar-refractivity contribution is 0.170. The minimum absolute atomic E-state index is 0.188. The number of hydrogen-bond acceptors (Lipinski definition) is 7. The Morgan fingerprint density at radius 3 is 2.33 bits per heavy atom. The minimum atomic E-state index is 0.188. The maximum atomic E-state index is 6.16. The molecule has 1 aliphatic heterocycles. The van der Waals surface area contributed by atoms with Gasteiger partial charge in [0.1, 0.15) is 29.0 Å². The second kappa shape index (κ2) is 8.98. The van der Waals surface area contributed by atoms with Gasteiger partial charge in [0.05, 0.1) is 26.0 Å². The Morgan fingerprint density at radius 2 is 1.67 bits per heavy atom. The first-order chi connectivity index (χ1) is 14.7. The molecule has 1 aliphatic rings. The van der Waals surface area contributed by atoms with Gasteiger partial charge in [-0.2, -0.15) is 5.10 Å². The van der Waals surface area contributed by atoms with E-state index >= 15 is 0 Å². The highest BCUT2D eigenvalue weighted by Gasteiger charge is 2.24. The third-order valence-electron chi connectivity index (χ3n) is 5.25. The fourth-order valence-corrected chi connectivity index (χ4v) is 3.71. The smallest absolute Gasteiger partial charge is 0.245 e. The van der Waals surface area contributed by atoms with Gasteiger partial charge in [0.15, 0.2) is 0 Å². The lowest BCUT2D eigenvalue weighted by atomic mass is 10.1. The Balaban J connectivity index is 1.48. The number of hydrogen-bond donors (Lipinski definition) is 0. The molecule has 0 bridgehead atoms. The molecule has 2 aromatic carbocycles. The highest BCUT2D eigenvalue weighted by molar-refractivity contribution is 5.74. The molecule has 0 aliphatic carbocycles. The largest absolute Gasteiger partial charge is 0.496 e. The first-order valence-electron chi connectivity index (χ1n) is 10.1. The van der Waals surface area contributed by atoms with E-state index in [1.54, 1.807) is 20.4 Å². The molecule has 7 nitrogen and oxygen atoms in total. The summed E-state index contributed by atoms with van der Waals surface area (Å²) in [7, 11) is 3.26. The molecule has 1 saturated heterocycles. The average Bonchev–Trinajstić information content (AvgIpc) is 2.79. The quantitative estimate of drug-likeness (QED) is 0.615. The topological polar surface area (TPSA) is 69.6 Å². The summed E-state index contributed by atoms with van der Waals surface area (Å²) in [4.78, 5) is 6.90. The maximum absolute atomic E-state index is 6.16. The molecule has 4 rings (SSSR count). The van der Waals surface area contributed by atoms with E-state index in [2.05, 4.69) is 34.2 Å². The predicted molar refractivity (Wildman–Crippen MR) is 115 cm³/mol. The fourth-order valence-electron chi connectivity index (χ4n) is 3.71. The molecule has 1 fully saturated rings. The van der Waals surface area contributed by atoms with Gasteiger partial charge in [-0.25, -0.2) is 4.98 Å². The van der Waals surface area contributed by atoms with Crippen LogP contribution in [0.25, 0.3) is 11.3 Å². The molecule has 156 valence electrons. The normalized spacial score (nSPS) is 14.4. The van der Waals surface area contributed by atoms with E-state index < -0.39 is 0 Å². The van der Waals surface area contributed by atoms with Crippen LogP contribution in [0.15, 0.2) is 48.7 Å². The van der Waals surface area contributed by atoms with E-state index in [1.165, 1.54) is 5.56 Å². The first kappa shape index (κ1) is 19.9. The molecular formula is C23H26N4O3. The second-order valence-corrected chi connectivity index (χ2v) is 7.30. The summed E-state index contributed by atoms with van der Waals surface area (Å²) >= 11 is 0. The number of benzene rings is 2. The van der Waals surface area contributed by atoms with E-state index in [1.807, 2.05) is 30.3 Å². The van der Waals surface area contributed by atoms with Crippen LogP contribution in [-0.4, -0.2) is 48.6 Å². The van der Waals surface area contributed by atoms with Crippen molar-refractivity contribution >= 4 is 5.95 Å². The molecule has 1 aromatic heterocycles. The van der Waals surface area contributed by atoms with E-state index in [9.17, 15) is 0 Å². The van der Waals surface area contributed by atoms with E-state index in [0.29, 0.717) is 23.1 Å². The number of rotatable bonds is 6. The van der Waals surface area contributed by atoms with Crippen molar-refractivity contribution in [1.29, 1.82) is 0 Å². The number of aromatic nitrogens is 3. The zero-order valence-corrected chi connectivity index (χ0v) is 17.5. The molecule has 0 amide bonds. The molecule has 0 radical (unpaired) electrons. The van der Waals surface area contributed by atoms with Crippen molar-refractivity contribution < 1.29 is 14.2 Å². The van der Waals surface area contributed by atoms with Gasteiger partial charge in [-0.3, -0.25) is 0 Å². The van der Waals surface area contributed by atoms with Gasteiger partial charge < -0.3 is 19.1 Å². The number of methoxy groups -OCH3 is 2. The Hall–Kier alpha value is -3.35. The van der Waals surface area contributed by atoms with Crippen molar-refractivity contribution in [3.8, 4) is 28.5 Å². The standard InChI is InChI=1S/C23H26N4O3/c1-16-6-4-7-18(14-16)30-17-10-12-27(13-11-17)23-25-19(15-24-26-23)22-20(28-2)8-5-9-21(22)29-3/h4-9,14-15,17H,10-13H2,1-3H3. The molecule has 0 saturated carbocycles. The lowest BCUT2D eigenvalue weighted by Gasteiger charge is -2.32. The van der Waals surface area contributed by atoms with Crippen LogP contribution >= 0.6 is 0 Å². The molecule has 7 heteroatoms. The van der Waals surface area contributed by atoms with E-state index in [4.69, 9.17) is 19.2 Å². The third-order valence-corrected chi connectivity index (χ3v) is 5.25. The average molecular weight is 406 g/mol. The molecule has 0 spiro atoms. The van der Waals surface area contributed by atoms with Crippen molar-refractivity contribution in [1.82, 2.24) is 15.2 Å². The van der Waals surface area contributed by atoms with Crippen molar-refractivity contribution in [3.05, 3.63) is 54.2 Å². The maximum Gasteiger partial charge on any atom is 0.245 e. The number of ether oxygens (including phenoxy) is 3. The first-order valence-corrected chi connectivity index (χ1v) is 10.1. The fraction of sp³-hybridized carbons (Fsp3) is 0.348. The third kappa shape index (κ3) is 4.30. The SMILES string of the molecule is COc1cccc(OC)c1-c1cnnc(N2CCC(Oc3cccc(C)c3)CC2)n1. The number of anilines is 1. The summed E-state index contributed by atoms with van der Waals surface area (Å²) < 4.78 is 17.2. The number of aryl methyl sites for hydroxylation is 1. The Labute approximate surface area is 176 Å². The summed E-state index contributed by atoms with van der Waals surface area (Å²) in [5.41, 5.74) is 2.65. The second-order valence-electron chi connectivity index (χ2n) is 7.30. The molecule has 0 N–H and O–H groups in total. The number of piperidine rings is 1. The van der Waals surface area contributed by atoms with E-state index in [-0.39, 0.29) is 6.10 Å². The van der Waals surface area contributed by atoms with Crippen LogP contribution in [0.2, 0.25) is 0 Å². The van der Waals surface area contributed by atoms with Crippen molar-refractivity contribution in [2.24, 2.45) is 0 Å². The highest BCUT2D eigenvalue weighted by Crippen LogP contribution is 2.37. The van der Waals surface area contributed by atoms with Crippen molar-refractivity contribution in [2.45, 2.75) is 25.9 Å². The minimum Gasteiger partial charge on any atom is -0.496 e.